The zero-order valence-corrected chi connectivity index (χ0v) is 13.9. The molecule has 23 heavy (non-hydrogen) atoms. The fourth-order valence-electron chi connectivity index (χ4n) is 2.23. The Morgan fingerprint density at radius 2 is 2.04 bits per heavy atom. The Labute approximate surface area is 138 Å². The Kier molecular flexibility index (Phi) is 5.30. The molecule has 0 unspecified atom stereocenters. The zero-order valence-electron chi connectivity index (χ0n) is 13.1. The number of rotatable bonds is 4. The highest BCUT2D eigenvalue weighted by Crippen LogP contribution is 2.28. The van der Waals surface area contributed by atoms with Gasteiger partial charge in [0, 0.05) is 5.70 Å². The van der Waals surface area contributed by atoms with Gasteiger partial charge in [-0.2, -0.15) is 0 Å². The minimum Gasteiger partial charge on any atom is -0.462 e. The lowest BCUT2D eigenvalue weighted by atomic mass is 9.95. The van der Waals surface area contributed by atoms with E-state index in [1.165, 1.54) is 6.07 Å². The van der Waals surface area contributed by atoms with Gasteiger partial charge in [0.25, 0.3) is 0 Å². The van der Waals surface area contributed by atoms with Gasteiger partial charge in [0.2, 0.25) is 0 Å². The Balaban J connectivity index is 2.37. The summed E-state index contributed by atoms with van der Waals surface area (Å²) in [7, 11) is 0. The summed E-state index contributed by atoms with van der Waals surface area (Å²) < 4.78 is 31.9. The van der Waals surface area contributed by atoms with Gasteiger partial charge in [-0.1, -0.05) is 19.9 Å². The third-order valence-corrected chi connectivity index (χ3v) is 3.53. The maximum atomic E-state index is 13.5. The van der Waals surface area contributed by atoms with Crippen molar-refractivity contribution in [3.8, 4) is 0 Å². The second-order valence-corrected chi connectivity index (χ2v) is 6.14. The Bertz CT molecular complexity index is 674. The van der Waals surface area contributed by atoms with E-state index in [0.717, 1.165) is 12.1 Å². The molecule has 0 saturated heterocycles. The first-order valence-electron chi connectivity index (χ1n) is 7.20. The summed E-state index contributed by atoms with van der Waals surface area (Å²) in [4.78, 5) is 12.4. The van der Waals surface area contributed by atoms with Gasteiger partial charge in [0.1, 0.15) is 0 Å². The van der Waals surface area contributed by atoms with Crippen molar-refractivity contribution in [3.05, 3.63) is 46.7 Å². The van der Waals surface area contributed by atoms with Crippen molar-refractivity contribution >= 4 is 23.3 Å². The number of allylic oxidation sites excluding steroid dienone is 1. The summed E-state index contributed by atoms with van der Waals surface area (Å²) in [6.45, 7) is 5.80. The molecule has 1 aromatic carbocycles. The molecule has 1 aliphatic heterocycles. The lowest BCUT2D eigenvalue weighted by molar-refractivity contribution is -0.140. The van der Waals surface area contributed by atoms with Gasteiger partial charge in [-0.15, -0.1) is 0 Å². The van der Waals surface area contributed by atoms with E-state index < -0.39 is 23.6 Å². The first kappa shape index (κ1) is 17.3. The Hall–Kier alpha value is -2.02. The van der Waals surface area contributed by atoms with Crippen molar-refractivity contribution < 1.29 is 18.3 Å². The number of carbonyl (C=O) groups is 1. The number of halogens is 2. The molecule has 0 aliphatic carbocycles. The second-order valence-electron chi connectivity index (χ2n) is 5.74. The molecule has 1 aliphatic rings. The lowest BCUT2D eigenvalue weighted by Crippen LogP contribution is -2.45. The fourth-order valence-corrected chi connectivity index (χ4v) is 2.50. The fraction of sp³-hybridized carbons (Fsp3) is 0.375. The van der Waals surface area contributed by atoms with Crippen LogP contribution in [0.25, 0.3) is 0 Å². The van der Waals surface area contributed by atoms with Gasteiger partial charge in [-0.05, 0) is 42.8 Å². The minimum atomic E-state index is -0.985. The summed E-state index contributed by atoms with van der Waals surface area (Å²) in [6, 6.07) is 2.78. The third-order valence-electron chi connectivity index (χ3n) is 3.31. The van der Waals surface area contributed by atoms with Gasteiger partial charge in [-0.3, -0.25) is 0 Å². The van der Waals surface area contributed by atoms with Crippen LogP contribution in [0.2, 0.25) is 0 Å². The largest absolute Gasteiger partial charge is 0.462 e. The van der Waals surface area contributed by atoms with Crippen molar-refractivity contribution in [2.75, 3.05) is 6.61 Å². The van der Waals surface area contributed by atoms with Crippen LogP contribution >= 0.6 is 12.2 Å². The monoisotopic (exact) mass is 340 g/mol. The van der Waals surface area contributed by atoms with Crippen LogP contribution in [0.3, 0.4) is 0 Å². The average molecular weight is 340 g/mol. The summed E-state index contributed by atoms with van der Waals surface area (Å²) >= 11 is 5.09. The van der Waals surface area contributed by atoms with Crippen LogP contribution in [0.5, 0.6) is 0 Å². The second kappa shape index (κ2) is 7.04. The third kappa shape index (κ3) is 4.04. The quantitative estimate of drug-likeness (QED) is 0.652. The highest BCUT2D eigenvalue weighted by Gasteiger charge is 2.31. The van der Waals surface area contributed by atoms with Crippen LogP contribution in [-0.2, 0) is 9.53 Å². The summed E-state index contributed by atoms with van der Waals surface area (Å²) in [5, 5.41) is 6.06. The lowest BCUT2D eigenvalue weighted by Gasteiger charge is -2.30. The molecule has 7 heteroatoms. The number of ether oxygens (including phenoxy) is 1. The molecule has 0 amide bonds. The van der Waals surface area contributed by atoms with Crippen LogP contribution < -0.4 is 10.6 Å². The standard InChI is InChI=1S/C16H18F2N2O2S/c1-8(2)7-22-15(21)13-9(3)19-16(23)20-14(13)10-4-5-11(17)12(18)6-10/h4-6,8,14H,7H2,1-3H3,(H2,19,20,23)/t14-/m0/s1. The first-order chi connectivity index (χ1) is 10.8. The van der Waals surface area contributed by atoms with E-state index in [0.29, 0.717) is 21.9 Å². The molecular weight excluding hydrogens is 322 g/mol. The number of nitrogens with one attached hydrogen (secondary N) is 2. The van der Waals surface area contributed by atoms with Crippen LogP contribution in [0.4, 0.5) is 8.78 Å². The molecule has 2 rings (SSSR count). The SMILES string of the molecule is CC1=C(C(=O)OCC(C)C)[C@H](c2ccc(F)c(F)c2)NC(=S)N1. The molecule has 0 aromatic heterocycles. The predicted octanol–water partition coefficient (Wildman–Crippen LogP) is 2.96. The van der Waals surface area contributed by atoms with Crippen LogP contribution in [0, 0.1) is 17.6 Å². The van der Waals surface area contributed by atoms with E-state index in [4.69, 9.17) is 17.0 Å². The highest BCUT2D eigenvalue weighted by molar-refractivity contribution is 7.80. The number of esters is 1. The molecule has 124 valence electrons. The number of hydrogen-bond donors (Lipinski definition) is 2. The van der Waals surface area contributed by atoms with Crippen LogP contribution in [0.15, 0.2) is 29.5 Å². The smallest absolute Gasteiger partial charge is 0.338 e. The molecule has 0 bridgehead atoms. The van der Waals surface area contributed by atoms with E-state index in [9.17, 15) is 13.6 Å². The summed E-state index contributed by atoms with van der Waals surface area (Å²) in [6.07, 6.45) is 0. The number of thiocarbonyl (C=S) groups is 1. The topological polar surface area (TPSA) is 50.4 Å². The summed E-state index contributed by atoms with van der Waals surface area (Å²) in [5.74, 6) is -2.27. The van der Waals surface area contributed by atoms with Gasteiger partial charge in [0.05, 0.1) is 18.2 Å². The molecular formula is C16H18F2N2O2S. The van der Waals surface area contributed by atoms with E-state index in [1.807, 2.05) is 13.8 Å². The van der Waals surface area contributed by atoms with E-state index in [-0.39, 0.29) is 12.5 Å². The molecule has 0 fully saturated rings. The van der Waals surface area contributed by atoms with Crippen LogP contribution in [-0.4, -0.2) is 17.7 Å². The maximum absolute atomic E-state index is 13.5. The van der Waals surface area contributed by atoms with Gasteiger partial charge in [0.15, 0.2) is 16.7 Å². The van der Waals surface area contributed by atoms with Crippen molar-refractivity contribution in [3.63, 3.8) is 0 Å². The van der Waals surface area contributed by atoms with E-state index in [2.05, 4.69) is 10.6 Å². The number of benzene rings is 1. The maximum Gasteiger partial charge on any atom is 0.338 e. The molecule has 2 N–H and O–H groups in total. The average Bonchev–Trinajstić information content (AvgIpc) is 2.46. The highest BCUT2D eigenvalue weighted by atomic mass is 32.1. The molecule has 0 radical (unpaired) electrons. The van der Waals surface area contributed by atoms with E-state index in [1.54, 1.807) is 6.92 Å². The Morgan fingerprint density at radius 1 is 1.35 bits per heavy atom. The first-order valence-corrected chi connectivity index (χ1v) is 7.60. The van der Waals surface area contributed by atoms with Gasteiger partial charge >= 0.3 is 5.97 Å². The zero-order chi connectivity index (χ0) is 17.1. The van der Waals surface area contributed by atoms with Gasteiger partial charge in [-0.25, -0.2) is 13.6 Å². The molecule has 0 saturated carbocycles. The van der Waals surface area contributed by atoms with Crippen molar-refractivity contribution in [1.29, 1.82) is 0 Å². The Morgan fingerprint density at radius 3 is 2.65 bits per heavy atom. The van der Waals surface area contributed by atoms with E-state index >= 15 is 0 Å². The normalized spacial score (nSPS) is 17.8. The molecule has 1 atom stereocenters. The molecule has 1 aromatic rings. The molecule has 0 spiro atoms. The number of carbonyl (C=O) groups excluding carboxylic acids is 1. The molecule has 4 nitrogen and oxygen atoms in total. The van der Waals surface area contributed by atoms with Crippen LogP contribution in [0.1, 0.15) is 32.4 Å². The van der Waals surface area contributed by atoms with Crippen molar-refractivity contribution in [2.45, 2.75) is 26.8 Å². The van der Waals surface area contributed by atoms with Crippen molar-refractivity contribution in [2.24, 2.45) is 5.92 Å². The number of hydrogen-bond acceptors (Lipinski definition) is 3. The molecule has 1 heterocycles. The predicted molar refractivity (Wildman–Crippen MR) is 86.5 cm³/mol. The summed E-state index contributed by atoms with van der Waals surface area (Å²) in [5.41, 5.74) is 1.21. The van der Waals surface area contributed by atoms with Gasteiger partial charge < -0.3 is 15.4 Å². The van der Waals surface area contributed by atoms with Crippen molar-refractivity contribution in [1.82, 2.24) is 10.6 Å². The minimum absolute atomic E-state index is 0.187.